The number of carbonyl (C=O) groups is 2. The van der Waals surface area contributed by atoms with E-state index in [9.17, 15) is 23.5 Å². The minimum Gasteiger partial charge on any atom is -0.387 e. The number of β-amino-alcohol motifs (C(OH)–C–C–N with tert-alkyl or cyclic N) is 1. The molecule has 130 valence electrons. The van der Waals surface area contributed by atoms with Gasteiger partial charge in [-0.3, -0.25) is 14.6 Å². The molecule has 5 nitrogen and oxygen atoms in total. The largest absolute Gasteiger partial charge is 0.387 e. The molecule has 1 N–H and O–H groups in total. The quantitative estimate of drug-likeness (QED) is 0.866. The van der Waals surface area contributed by atoms with E-state index in [1.165, 1.54) is 53.4 Å². The third-order valence-electron chi connectivity index (χ3n) is 4.16. The van der Waals surface area contributed by atoms with Crippen LogP contribution < -0.4 is 4.90 Å². The second-order valence-corrected chi connectivity index (χ2v) is 5.82. The zero-order chi connectivity index (χ0) is 18.1. The van der Waals surface area contributed by atoms with Crippen LogP contribution in [-0.2, 0) is 4.79 Å². The Hall–Kier alpha value is -2.80. The molecule has 0 radical (unpaired) electrons. The number of aliphatic hydroxyl groups is 1. The molecular formula is C18H16F2N2O3. The third kappa shape index (κ3) is 3.23. The van der Waals surface area contributed by atoms with E-state index in [-0.39, 0.29) is 6.54 Å². The first-order valence-electron chi connectivity index (χ1n) is 7.72. The van der Waals surface area contributed by atoms with Crippen molar-refractivity contribution in [1.29, 1.82) is 0 Å². The zero-order valence-electron chi connectivity index (χ0n) is 13.4. The second kappa shape index (κ2) is 6.60. The van der Waals surface area contributed by atoms with Crippen molar-refractivity contribution in [3.8, 4) is 0 Å². The predicted octanol–water partition coefficient (Wildman–Crippen LogP) is 2.86. The average Bonchev–Trinajstić information content (AvgIpc) is 2.80. The lowest BCUT2D eigenvalue weighted by molar-refractivity contribution is -0.127. The number of hydrogen-bond donors (Lipinski definition) is 1. The van der Waals surface area contributed by atoms with Gasteiger partial charge in [-0.25, -0.2) is 13.6 Å². The number of amides is 3. The molecule has 1 heterocycles. The molecule has 0 unspecified atom stereocenters. The van der Waals surface area contributed by atoms with Crippen LogP contribution in [0, 0.1) is 11.6 Å². The Bertz CT molecular complexity index is 793. The van der Waals surface area contributed by atoms with E-state index in [4.69, 9.17) is 0 Å². The van der Waals surface area contributed by atoms with Crippen molar-refractivity contribution in [2.45, 2.75) is 19.1 Å². The molecule has 0 saturated carbocycles. The smallest absolute Gasteiger partial charge is 0.332 e. The van der Waals surface area contributed by atoms with Crippen molar-refractivity contribution in [2.75, 3.05) is 11.4 Å². The Labute approximate surface area is 143 Å². The SMILES string of the molecule is C[C@@H]1C(=O)N(C[C@@H](O)c2ccc(F)cc2)C(=O)N1c1ccc(F)cc1. The van der Waals surface area contributed by atoms with Crippen LogP contribution in [0.3, 0.4) is 0 Å². The summed E-state index contributed by atoms with van der Waals surface area (Å²) in [6.45, 7) is 1.32. The van der Waals surface area contributed by atoms with Crippen LogP contribution >= 0.6 is 0 Å². The number of carbonyl (C=O) groups excluding carboxylic acids is 2. The second-order valence-electron chi connectivity index (χ2n) is 5.82. The number of imide groups is 1. The van der Waals surface area contributed by atoms with Gasteiger partial charge < -0.3 is 5.11 Å². The zero-order valence-corrected chi connectivity index (χ0v) is 13.4. The van der Waals surface area contributed by atoms with Crippen LogP contribution in [0.15, 0.2) is 48.5 Å². The van der Waals surface area contributed by atoms with E-state index in [1.807, 2.05) is 0 Å². The fourth-order valence-corrected chi connectivity index (χ4v) is 2.79. The number of anilines is 1. The summed E-state index contributed by atoms with van der Waals surface area (Å²) in [4.78, 5) is 27.2. The lowest BCUT2D eigenvalue weighted by atomic mass is 10.1. The summed E-state index contributed by atoms with van der Waals surface area (Å²) in [5, 5.41) is 10.3. The number of halogens is 2. The van der Waals surface area contributed by atoms with Gasteiger partial charge in [0.15, 0.2) is 0 Å². The summed E-state index contributed by atoms with van der Waals surface area (Å²) in [5.41, 5.74) is 0.793. The van der Waals surface area contributed by atoms with Crippen molar-refractivity contribution in [3.05, 3.63) is 65.7 Å². The summed E-state index contributed by atoms with van der Waals surface area (Å²) in [5.74, 6) is -1.35. The van der Waals surface area contributed by atoms with E-state index in [1.54, 1.807) is 6.92 Å². The average molecular weight is 346 g/mol. The molecule has 25 heavy (non-hydrogen) atoms. The maximum atomic E-state index is 13.1. The van der Waals surface area contributed by atoms with Gasteiger partial charge in [0.05, 0.1) is 12.6 Å². The first-order chi connectivity index (χ1) is 11.9. The highest BCUT2D eigenvalue weighted by atomic mass is 19.1. The standard InChI is InChI=1S/C18H16F2N2O3/c1-11-17(24)21(10-16(23)12-2-4-13(19)5-3-12)18(25)22(11)15-8-6-14(20)7-9-15/h2-9,11,16,23H,10H2,1H3/t11-,16-/m1/s1. The van der Waals surface area contributed by atoms with Crippen LogP contribution in [0.4, 0.5) is 19.3 Å². The summed E-state index contributed by atoms with van der Waals surface area (Å²) < 4.78 is 26.0. The molecule has 0 aliphatic carbocycles. The molecule has 3 amide bonds. The monoisotopic (exact) mass is 346 g/mol. The van der Waals surface area contributed by atoms with Crippen LogP contribution in [0.1, 0.15) is 18.6 Å². The third-order valence-corrected chi connectivity index (χ3v) is 4.16. The summed E-state index contributed by atoms with van der Waals surface area (Å²) in [7, 11) is 0. The van der Waals surface area contributed by atoms with Crippen molar-refractivity contribution in [1.82, 2.24) is 4.90 Å². The highest BCUT2D eigenvalue weighted by Gasteiger charge is 2.43. The molecule has 1 aliphatic heterocycles. The Morgan fingerprint density at radius 3 is 2.08 bits per heavy atom. The molecule has 1 fully saturated rings. The molecule has 2 aromatic carbocycles. The topological polar surface area (TPSA) is 60.9 Å². The normalized spacial score (nSPS) is 18.8. The molecule has 2 atom stereocenters. The lowest BCUT2D eigenvalue weighted by Gasteiger charge is -2.20. The van der Waals surface area contributed by atoms with Crippen molar-refractivity contribution in [2.24, 2.45) is 0 Å². The Kier molecular flexibility index (Phi) is 4.50. The maximum absolute atomic E-state index is 13.1. The molecular weight excluding hydrogens is 330 g/mol. The summed E-state index contributed by atoms with van der Waals surface area (Å²) in [6.07, 6.45) is -1.13. The van der Waals surface area contributed by atoms with Gasteiger partial charge in [0, 0.05) is 5.69 Å². The maximum Gasteiger partial charge on any atom is 0.332 e. The Morgan fingerprint density at radius 2 is 1.52 bits per heavy atom. The van der Waals surface area contributed by atoms with Gasteiger partial charge in [-0.05, 0) is 48.9 Å². The lowest BCUT2D eigenvalue weighted by Crippen LogP contribution is -2.36. The van der Waals surface area contributed by atoms with E-state index >= 15 is 0 Å². The van der Waals surface area contributed by atoms with Crippen LogP contribution in [-0.4, -0.2) is 34.5 Å². The highest BCUT2D eigenvalue weighted by molar-refractivity contribution is 6.14. The first kappa shape index (κ1) is 17.0. The van der Waals surface area contributed by atoms with Gasteiger partial charge in [-0.2, -0.15) is 0 Å². The first-order valence-corrected chi connectivity index (χ1v) is 7.72. The molecule has 7 heteroatoms. The van der Waals surface area contributed by atoms with Gasteiger partial charge in [0.2, 0.25) is 0 Å². The van der Waals surface area contributed by atoms with Gasteiger partial charge >= 0.3 is 6.03 Å². The van der Waals surface area contributed by atoms with Crippen LogP contribution in [0.2, 0.25) is 0 Å². The molecule has 2 aromatic rings. The Balaban J connectivity index is 1.80. The van der Waals surface area contributed by atoms with Gasteiger partial charge in [-0.15, -0.1) is 0 Å². The summed E-state index contributed by atoms with van der Waals surface area (Å²) in [6, 6.07) is 9.06. The minimum absolute atomic E-state index is 0.245. The van der Waals surface area contributed by atoms with Crippen molar-refractivity contribution in [3.63, 3.8) is 0 Å². The molecule has 3 rings (SSSR count). The van der Waals surface area contributed by atoms with E-state index in [2.05, 4.69) is 0 Å². The molecule has 0 spiro atoms. The predicted molar refractivity (Wildman–Crippen MR) is 86.8 cm³/mol. The molecule has 0 bridgehead atoms. The van der Waals surface area contributed by atoms with Crippen molar-refractivity contribution >= 4 is 17.6 Å². The van der Waals surface area contributed by atoms with E-state index in [0.717, 1.165) is 4.90 Å². The van der Waals surface area contributed by atoms with Crippen LogP contribution in [0.25, 0.3) is 0 Å². The molecule has 1 saturated heterocycles. The van der Waals surface area contributed by atoms with Crippen molar-refractivity contribution < 1.29 is 23.5 Å². The number of benzene rings is 2. The number of hydrogen-bond acceptors (Lipinski definition) is 3. The van der Waals surface area contributed by atoms with Crippen LogP contribution in [0.5, 0.6) is 0 Å². The Morgan fingerprint density at radius 1 is 1.00 bits per heavy atom. The summed E-state index contributed by atoms with van der Waals surface area (Å²) >= 11 is 0. The number of aliphatic hydroxyl groups excluding tert-OH is 1. The van der Waals surface area contributed by atoms with Gasteiger partial charge in [0.25, 0.3) is 5.91 Å². The number of rotatable bonds is 4. The minimum atomic E-state index is -1.13. The van der Waals surface area contributed by atoms with E-state index in [0.29, 0.717) is 11.3 Å². The number of nitrogens with zero attached hydrogens (tertiary/aromatic N) is 2. The van der Waals surface area contributed by atoms with Gasteiger partial charge in [0.1, 0.15) is 17.7 Å². The molecule has 0 aromatic heterocycles. The highest BCUT2D eigenvalue weighted by Crippen LogP contribution is 2.27. The number of urea groups is 1. The molecule has 1 aliphatic rings. The fraction of sp³-hybridized carbons (Fsp3) is 0.222. The van der Waals surface area contributed by atoms with Gasteiger partial charge in [-0.1, -0.05) is 12.1 Å². The van der Waals surface area contributed by atoms with E-state index < -0.39 is 35.7 Å². The fourth-order valence-electron chi connectivity index (χ4n) is 2.79.